The van der Waals surface area contributed by atoms with Crippen molar-refractivity contribution in [2.24, 2.45) is 0 Å². The fourth-order valence-corrected chi connectivity index (χ4v) is 0.479. The molecule has 5 heteroatoms. The van der Waals surface area contributed by atoms with Gasteiger partial charge in [0.15, 0.2) is 4.32 Å². The monoisotopic (exact) mass is 153 g/mol. The van der Waals surface area contributed by atoms with Crippen LogP contribution in [0.25, 0.3) is 0 Å². The van der Waals surface area contributed by atoms with E-state index in [1.807, 2.05) is 0 Å². The number of hydrogen-bond acceptors (Lipinski definition) is 3. The summed E-state index contributed by atoms with van der Waals surface area (Å²) in [5, 5.41) is 17.6. The summed E-state index contributed by atoms with van der Waals surface area (Å²) in [4.78, 5) is 0. The maximum Gasteiger partial charge on any atom is 0.160 e. The van der Waals surface area contributed by atoms with Crippen LogP contribution in [0.4, 0.5) is 0 Å². The number of aliphatic hydroxyl groups excluding tert-OH is 1. The highest BCUT2D eigenvalue weighted by Crippen LogP contribution is 1.95. The van der Waals surface area contributed by atoms with E-state index in [1.54, 1.807) is 0 Å². The van der Waals surface area contributed by atoms with E-state index < -0.39 is 6.23 Å². The number of thiol groups is 1. The normalized spacial score (nSPS) is 13.0. The van der Waals surface area contributed by atoms with Gasteiger partial charge in [-0.15, -0.1) is 12.6 Å². The lowest BCUT2D eigenvalue weighted by molar-refractivity contribution is -0.123. The van der Waals surface area contributed by atoms with Crippen LogP contribution in [0, 0.1) is 0 Å². The molecule has 48 valence electrons. The number of aliphatic hydroxyl groups is 1. The zero-order valence-corrected chi connectivity index (χ0v) is 5.99. The van der Waals surface area contributed by atoms with Gasteiger partial charge in [0.2, 0.25) is 0 Å². The maximum atomic E-state index is 8.57. The second kappa shape index (κ2) is 3.24. The van der Waals surface area contributed by atoms with Crippen molar-refractivity contribution in [2.75, 3.05) is 0 Å². The Morgan fingerprint density at radius 1 is 1.88 bits per heavy atom. The second-order valence-corrected chi connectivity index (χ2v) is 2.37. The van der Waals surface area contributed by atoms with E-state index in [-0.39, 0.29) is 4.32 Å². The molecule has 0 spiro atoms. The molecular weight excluding hydrogens is 146 g/mol. The first-order chi connectivity index (χ1) is 3.55. The summed E-state index contributed by atoms with van der Waals surface area (Å²) in [6.45, 7) is 1.38. The second-order valence-electron chi connectivity index (χ2n) is 1.26. The highest BCUT2D eigenvalue weighted by atomic mass is 32.1. The molecule has 0 aromatic heterocycles. The SMILES string of the molecule is CC(O)N(O)C(=S)S. The molecule has 0 aromatic rings. The molecule has 0 aliphatic carbocycles. The molecule has 0 amide bonds. The Balaban J connectivity index is 3.64. The van der Waals surface area contributed by atoms with E-state index in [0.717, 1.165) is 0 Å². The molecule has 0 saturated heterocycles. The third kappa shape index (κ3) is 2.46. The van der Waals surface area contributed by atoms with Crippen molar-refractivity contribution < 1.29 is 10.3 Å². The Bertz CT molecular complexity index is 95.3. The third-order valence-electron chi connectivity index (χ3n) is 0.550. The summed E-state index contributed by atoms with van der Waals surface area (Å²) in [6.07, 6.45) is -0.986. The molecule has 0 bridgehead atoms. The van der Waals surface area contributed by atoms with Gasteiger partial charge in [-0.3, -0.25) is 5.21 Å². The summed E-state index contributed by atoms with van der Waals surface area (Å²) in [5.41, 5.74) is 0. The molecule has 0 fully saturated rings. The number of hydrogen-bond donors (Lipinski definition) is 3. The van der Waals surface area contributed by atoms with E-state index in [4.69, 9.17) is 10.3 Å². The van der Waals surface area contributed by atoms with Gasteiger partial charge in [0.25, 0.3) is 0 Å². The van der Waals surface area contributed by atoms with E-state index in [0.29, 0.717) is 5.06 Å². The van der Waals surface area contributed by atoms with Crippen molar-refractivity contribution in [3.8, 4) is 0 Å². The van der Waals surface area contributed by atoms with Crippen LogP contribution in [0.3, 0.4) is 0 Å². The Morgan fingerprint density at radius 2 is 2.25 bits per heavy atom. The van der Waals surface area contributed by atoms with Gasteiger partial charge in [-0.25, -0.2) is 5.06 Å². The first-order valence-corrected chi connectivity index (χ1v) is 2.80. The summed E-state index contributed by atoms with van der Waals surface area (Å²) in [5.74, 6) is 0. The minimum absolute atomic E-state index is 0.0417. The van der Waals surface area contributed by atoms with Gasteiger partial charge in [0.05, 0.1) is 0 Å². The van der Waals surface area contributed by atoms with Gasteiger partial charge in [0, 0.05) is 0 Å². The van der Waals surface area contributed by atoms with Gasteiger partial charge < -0.3 is 5.11 Å². The van der Waals surface area contributed by atoms with Crippen LogP contribution in [0.1, 0.15) is 6.92 Å². The van der Waals surface area contributed by atoms with Gasteiger partial charge >= 0.3 is 0 Å². The first-order valence-electron chi connectivity index (χ1n) is 1.95. The molecule has 2 N–H and O–H groups in total. The zero-order chi connectivity index (χ0) is 6.73. The van der Waals surface area contributed by atoms with Crippen molar-refractivity contribution >= 4 is 29.2 Å². The van der Waals surface area contributed by atoms with E-state index >= 15 is 0 Å². The molecule has 3 nitrogen and oxygen atoms in total. The van der Waals surface area contributed by atoms with Crippen molar-refractivity contribution in [3.05, 3.63) is 0 Å². The van der Waals surface area contributed by atoms with Gasteiger partial charge in [-0.05, 0) is 6.92 Å². The lowest BCUT2D eigenvalue weighted by atomic mass is 10.7. The molecule has 0 aliphatic rings. The standard InChI is InChI=1S/C3H7NO2S2/c1-2(5)4(6)3(7)8/h2,5-6H,1H3,(H,7,8). The van der Waals surface area contributed by atoms with Gasteiger partial charge in [0.1, 0.15) is 6.23 Å². The highest BCUT2D eigenvalue weighted by Gasteiger charge is 2.05. The molecule has 0 radical (unpaired) electrons. The van der Waals surface area contributed by atoms with Crippen LogP contribution >= 0.6 is 24.8 Å². The Morgan fingerprint density at radius 3 is 2.25 bits per heavy atom. The van der Waals surface area contributed by atoms with Crippen LogP contribution < -0.4 is 0 Å². The Labute approximate surface area is 58.3 Å². The molecule has 0 aliphatic heterocycles. The van der Waals surface area contributed by atoms with Crippen LogP contribution in [-0.2, 0) is 0 Å². The number of thiocarbonyl (C=S) groups is 1. The van der Waals surface area contributed by atoms with Gasteiger partial charge in [-0.1, -0.05) is 12.2 Å². The number of hydroxylamine groups is 2. The van der Waals surface area contributed by atoms with Crippen molar-refractivity contribution in [2.45, 2.75) is 13.2 Å². The average molecular weight is 153 g/mol. The highest BCUT2D eigenvalue weighted by molar-refractivity contribution is 8.10. The molecular formula is C3H7NO2S2. The predicted molar refractivity (Wildman–Crippen MR) is 36.9 cm³/mol. The molecule has 8 heavy (non-hydrogen) atoms. The number of rotatable bonds is 1. The summed E-state index contributed by atoms with van der Waals surface area (Å²) in [7, 11) is 0. The maximum absolute atomic E-state index is 8.57. The Kier molecular flexibility index (Phi) is 3.30. The Hall–Kier alpha value is 0.160. The number of nitrogens with zero attached hydrogens (tertiary/aromatic N) is 1. The minimum atomic E-state index is -0.986. The van der Waals surface area contributed by atoms with Crippen molar-refractivity contribution in [3.63, 3.8) is 0 Å². The molecule has 0 aromatic carbocycles. The van der Waals surface area contributed by atoms with Gasteiger partial charge in [-0.2, -0.15) is 0 Å². The van der Waals surface area contributed by atoms with Crippen LogP contribution in [-0.4, -0.2) is 25.9 Å². The van der Waals surface area contributed by atoms with E-state index in [2.05, 4.69) is 24.8 Å². The van der Waals surface area contributed by atoms with Crippen molar-refractivity contribution in [1.29, 1.82) is 0 Å². The molecule has 0 heterocycles. The van der Waals surface area contributed by atoms with E-state index in [9.17, 15) is 0 Å². The quantitative estimate of drug-likeness (QED) is 0.218. The summed E-state index contributed by atoms with van der Waals surface area (Å²) < 4.78 is -0.0417. The summed E-state index contributed by atoms with van der Waals surface area (Å²) >= 11 is 7.95. The lowest BCUT2D eigenvalue weighted by Gasteiger charge is -2.16. The van der Waals surface area contributed by atoms with Crippen LogP contribution in [0.2, 0.25) is 0 Å². The van der Waals surface area contributed by atoms with Crippen LogP contribution in [0.15, 0.2) is 0 Å². The van der Waals surface area contributed by atoms with Crippen LogP contribution in [0.5, 0.6) is 0 Å². The average Bonchev–Trinajstić information content (AvgIpc) is 1.64. The zero-order valence-electron chi connectivity index (χ0n) is 4.27. The minimum Gasteiger partial charge on any atom is -0.372 e. The molecule has 1 unspecified atom stereocenters. The third-order valence-corrected chi connectivity index (χ3v) is 0.942. The lowest BCUT2D eigenvalue weighted by Crippen LogP contribution is -2.31. The van der Waals surface area contributed by atoms with E-state index in [1.165, 1.54) is 6.92 Å². The first kappa shape index (κ1) is 8.16. The molecule has 1 atom stereocenters. The fourth-order valence-electron chi connectivity index (χ4n) is 0.160. The predicted octanol–water partition coefficient (Wildman–Crippen LogP) is 0.231. The smallest absolute Gasteiger partial charge is 0.160 e. The largest absolute Gasteiger partial charge is 0.372 e. The van der Waals surface area contributed by atoms with Crippen molar-refractivity contribution in [1.82, 2.24) is 5.06 Å². The topological polar surface area (TPSA) is 43.7 Å². The molecule has 0 rings (SSSR count). The summed E-state index contributed by atoms with van der Waals surface area (Å²) in [6, 6.07) is 0. The molecule has 0 saturated carbocycles. The fraction of sp³-hybridized carbons (Fsp3) is 0.667.